The summed E-state index contributed by atoms with van der Waals surface area (Å²) in [5, 5.41) is 2.68. The van der Waals surface area contributed by atoms with Gasteiger partial charge in [-0.2, -0.15) is 0 Å². The van der Waals surface area contributed by atoms with Crippen molar-refractivity contribution in [2.24, 2.45) is 0 Å². The summed E-state index contributed by atoms with van der Waals surface area (Å²) in [4.78, 5) is 15.9. The van der Waals surface area contributed by atoms with Gasteiger partial charge < -0.3 is 14.8 Å². The van der Waals surface area contributed by atoms with Crippen molar-refractivity contribution < 1.29 is 14.3 Å². The van der Waals surface area contributed by atoms with Crippen LogP contribution < -0.4 is 10.1 Å². The van der Waals surface area contributed by atoms with Gasteiger partial charge in [0.2, 0.25) is 5.91 Å². The van der Waals surface area contributed by atoms with E-state index in [-0.39, 0.29) is 12.7 Å². The van der Waals surface area contributed by atoms with Crippen molar-refractivity contribution in [3.63, 3.8) is 0 Å². The summed E-state index contributed by atoms with van der Waals surface area (Å²) >= 11 is 3.29. The second-order valence-electron chi connectivity index (χ2n) is 4.30. The summed E-state index contributed by atoms with van der Waals surface area (Å²) in [6, 6.07) is 10.9. The molecule has 2 rings (SSSR count). The van der Waals surface area contributed by atoms with Crippen molar-refractivity contribution in [3.8, 4) is 5.75 Å². The van der Waals surface area contributed by atoms with E-state index in [0.29, 0.717) is 11.6 Å². The number of carbonyl (C=O) groups excluding carboxylic acids is 1. The molecule has 0 aliphatic heterocycles. The molecule has 0 bridgehead atoms. The molecule has 1 aromatic carbocycles. The minimum absolute atomic E-state index is 0.206. The third kappa shape index (κ3) is 5.31. The first-order chi connectivity index (χ1) is 10.7. The smallest absolute Gasteiger partial charge is 0.249 e. The van der Waals surface area contributed by atoms with Crippen LogP contribution in [0.3, 0.4) is 0 Å². The average molecular weight is 363 g/mol. The molecule has 0 saturated carbocycles. The topological polar surface area (TPSA) is 60.5 Å². The summed E-state index contributed by atoms with van der Waals surface area (Å²) in [6.07, 6.45) is 4.79. The van der Waals surface area contributed by atoms with Crippen LogP contribution in [0.1, 0.15) is 5.56 Å². The largest absolute Gasteiger partial charge is 0.468 e. The van der Waals surface area contributed by atoms with Crippen LogP contribution >= 0.6 is 15.9 Å². The first-order valence-electron chi connectivity index (χ1n) is 6.50. The van der Waals surface area contributed by atoms with Gasteiger partial charge in [-0.25, -0.2) is 4.98 Å². The number of aromatic nitrogens is 1. The predicted octanol–water partition coefficient (Wildman–Crippen LogP) is 3.48. The highest BCUT2D eigenvalue weighted by Gasteiger charge is 1.99. The molecule has 1 amide bonds. The zero-order valence-corrected chi connectivity index (χ0v) is 13.5. The van der Waals surface area contributed by atoms with Gasteiger partial charge >= 0.3 is 0 Å². The molecule has 0 aliphatic rings. The van der Waals surface area contributed by atoms with E-state index >= 15 is 0 Å². The lowest BCUT2D eigenvalue weighted by Crippen LogP contribution is -2.08. The first kappa shape index (κ1) is 16.2. The molecule has 114 valence electrons. The van der Waals surface area contributed by atoms with Gasteiger partial charge in [0.05, 0.1) is 0 Å². The quantitative estimate of drug-likeness (QED) is 0.631. The SMILES string of the molecule is COCOc1ccc(/C=C/C(=O)Nc2ccc(Br)cn2)cc1. The Morgan fingerprint density at radius 1 is 1.27 bits per heavy atom. The number of halogens is 1. The van der Waals surface area contributed by atoms with Gasteiger partial charge in [-0.15, -0.1) is 0 Å². The highest BCUT2D eigenvalue weighted by molar-refractivity contribution is 9.10. The molecule has 0 atom stereocenters. The van der Waals surface area contributed by atoms with Crippen molar-refractivity contribution in [1.82, 2.24) is 4.98 Å². The van der Waals surface area contributed by atoms with Gasteiger partial charge in [0, 0.05) is 23.9 Å². The van der Waals surface area contributed by atoms with Crippen LogP contribution in [0.25, 0.3) is 6.08 Å². The van der Waals surface area contributed by atoms with Crippen LogP contribution in [0.5, 0.6) is 5.75 Å². The number of amides is 1. The van der Waals surface area contributed by atoms with E-state index in [1.165, 1.54) is 6.08 Å². The molecule has 1 N–H and O–H groups in total. The van der Waals surface area contributed by atoms with E-state index in [1.54, 1.807) is 25.4 Å². The summed E-state index contributed by atoms with van der Waals surface area (Å²) in [6.45, 7) is 0.206. The maximum Gasteiger partial charge on any atom is 0.249 e. The van der Waals surface area contributed by atoms with E-state index < -0.39 is 0 Å². The number of nitrogens with zero attached hydrogens (tertiary/aromatic N) is 1. The number of hydrogen-bond acceptors (Lipinski definition) is 4. The molecule has 0 saturated heterocycles. The Hall–Kier alpha value is -2.18. The summed E-state index contributed by atoms with van der Waals surface area (Å²) in [7, 11) is 1.57. The Balaban J connectivity index is 1.90. The molecule has 0 unspecified atom stereocenters. The van der Waals surface area contributed by atoms with E-state index in [4.69, 9.17) is 9.47 Å². The number of methoxy groups -OCH3 is 1. The van der Waals surface area contributed by atoms with Gasteiger partial charge in [-0.3, -0.25) is 4.79 Å². The molecule has 0 spiro atoms. The number of anilines is 1. The fourth-order valence-corrected chi connectivity index (χ4v) is 1.83. The zero-order valence-electron chi connectivity index (χ0n) is 12.0. The Bertz CT molecular complexity index is 639. The van der Waals surface area contributed by atoms with E-state index in [2.05, 4.69) is 26.2 Å². The molecule has 1 aromatic heterocycles. The van der Waals surface area contributed by atoms with Crippen LogP contribution in [0.4, 0.5) is 5.82 Å². The Labute approximate surface area is 137 Å². The van der Waals surface area contributed by atoms with Crippen LogP contribution in [-0.4, -0.2) is 24.8 Å². The molecule has 6 heteroatoms. The van der Waals surface area contributed by atoms with Gasteiger partial charge in [-0.1, -0.05) is 12.1 Å². The fourth-order valence-electron chi connectivity index (χ4n) is 1.59. The highest BCUT2D eigenvalue weighted by Crippen LogP contribution is 2.13. The molecule has 2 aromatic rings. The maximum absolute atomic E-state index is 11.8. The lowest BCUT2D eigenvalue weighted by atomic mass is 10.2. The van der Waals surface area contributed by atoms with Gasteiger partial charge in [0.25, 0.3) is 0 Å². The molecule has 0 fully saturated rings. The lowest BCUT2D eigenvalue weighted by molar-refractivity contribution is -0.111. The number of carbonyl (C=O) groups is 1. The average Bonchev–Trinajstić information content (AvgIpc) is 2.54. The van der Waals surface area contributed by atoms with Crippen LogP contribution in [-0.2, 0) is 9.53 Å². The second kappa shape index (κ2) is 8.31. The Morgan fingerprint density at radius 3 is 2.68 bits per heavy atom. The summed E-state index contributed by atoms with van der Waals surface area (Å²) in [5.41, 5.74) is 0.892. The molecule has 22 heavy (non-hydrogen) atoms. The van der Waals surface area contributed by atoms with E-state index in [0.717, 1.165) is 10.0 Å². The van der Waals surface area contributed by atoms with Gasteiger partial charge in [0.15, 0.2) is 6.79 Å². The number of hydrogen-bond donors (Lipinski definition) is 1. The van der Waals surface area contributed by atoms with Crippen molar-refractivity contribution in [1.29, 1.82) is 0 Å². The predicted molar refractivity (Wildman–Crippen MR) is 88.5 cm³/mol. The second-order valence-corrected chi connectivity index (χ2v) is 5.22. The Morgan fingerprint density at radius 2 is 2.05 bits per heavy atom. The zero-order chi connectivity index (χ0) is 15.8. The number of benzene rings is 1. The molecule has 0 radical (unpaired) electrons. The minimum Gasteiger partial charge on any atom is -0.468 e. The number of ether oxygens (including phenoxy) is 2. The number of rotatable bonds is 6. The normalized spacial score (nSPS) is 10.6. The summed E-state index contributed by atoms with van der Waals surface area (Å²) < 4.78 is 11.0. The van der Waals surface area contributed by atoms with Gasteiger partial charge in [0.1, 0.15) is 11.6 Å². The fraction of sp³-hybridized carbons (Fsp3) is 0.125. The maximum atomic E-state index is 11.8. The highest BCUT2D eigenvalue weighted by atomic mass is 79.9. The number of nitrogens with one attached hydrogen (secondary N) is 1. The van der Waals surface area contributed by atoms with Crippen molar-refractivity contribution in [2.75, 3.05) is 19.2 Å². The minimum atomic E-state index is -0.241. The molecule has 0 aliphatic carbocycles. The standard InChI is InChI=1S/C16H15BrN2O3/c1-21-11-22-14-6-2-12(3-7-14)4-9-16(20)19-15-8-5-13(17)10-18-15/h2-10H,11H2,1H3,(H,18,19,20)/b9-4+. The monoisotopic (exact) mass is 362 g/mol. The third-order valence-electron chi connectivity index (χ3n) is 2.63. The molecule has 5 nitrogen and oxygen atoms in total. The lowest BCUT2D eigenvalue weighted by Gasteiger charge is -2.04. The summed E-state index contributed by atoms with van der Waals surface area (Å²) in [5.74, 6) is 0.971. The van der Waals surface area contributed by atoms with Crippen molar-refractivity contribution in [2.45, 2.75) is 0 Å². The van der Waals surface area contributed by atoms with Crippen LogP contribution in [0, 0.1) is 0 Å². The molecular formula is C16H15BrN2O3. The first-order valence-corrected chi connectivity index (χ1v) is 7.29. The van der Waals surface area contributed by atoms with E-state index in [9.17, 15) is 4.79 Å². The Kier molecular flexibility index (Phi) is 6.12. The molecular weight excluding hydrogens is 348 g/mol. The number of pyridine rings is 1. The van der Waals surface area contributed by atoms with Crippen molar-refractivity contribution in [3.05, 3.63) is 58.7 Å². The van der Waals surface area contributed by atoms with Crippen LogP contribution in [0.15, 0.2) is 53.1 Å². The van der Waals surface area contributed by atoms with Crippen molar-refractivity contribution >= 4 is 33.7 Å². The van der Waals surface area contributed by atoms with E-state index in [1.807, 2.05) is 30.3 Å². The molecule has 1 heterocycles. The van der Waals surface area contributed by atoms with Crippen LogP contribution in [0.2, 0.25) is 0 Å². The third-order valence-corrected chi connectivity index (χ3v) is 3.10. The van der Waals surface area contributed by atoms with Gasteiger partial charge in [-0.05, 0) is 51.8 Å².